The Morgan fingerprint density at radius 3 is 2.29 bits per heavy atom. The first-order chi connectivity index (χ1) is 8.09. The monoisotopic (exact) mass is 376 g/mol. The highest BCUT2D eigenvalue weighted by Gasteiger charge is 2.15. The van der Waals surface area contributed by atoms with Crippen LogP contribution in [-0.2, 0) is 0 Å². The predicted molar refractivity (Wildman–Crippen MR) is 75.9 cm³/mol. The third kappa shape index (κ3) is 2.90. The van der Waals surface area contributed by atoms with Crippen LogP contribution in [0, 0.1) is 5.82 Å². The highest BCUT2D eigenvalue weighted by atomic mass is 79.9. The van der Waals surface area contributed by atoms with Crippen molar-refractivity contribution in [3.8, 4) is 0 Å². The second kappa shape index (κ2) is 5.51. The zero-order valence-electron chi connectivity index (χ0n) is 8.63. The van der Waals surface area contributed by atoms with Gasteiger partial charge in [-0.1, -0.05) is 40.2 Å². The van der Waals surface area contributed by atoms with Crippen LogP contribution in [0.3, 0.4) is 0 Å². The fraction of sp³-hybridized carbons (Fsp3) is 0.0769. The molecule has 17 heavy (non-hydrogen) atoms. The van der Waals surface area contributed by atoms with E-state index in [1.54, 1.807) is 6.07 Å². The molecule has 4 heteroatoms. The maximum atomic E-state index is 13.4. The van der Waals surface area contributed by atoms with E-state index in [-0.39, 0.29) is 11.2 Å². The summed E-state index contributed by atoms with van der Waals surface area (Å²) in [5.74, 6) is -0.301. The van der Waals surface area contributed by atoms with Gasteiger partial charge in [-0.25, -0.2) is 4.39 Å². The first-order valence-corrected chi connectivity index (χ1v) is 6.95. The molecule has 0 fully saturated rings. The van der Waals surface area contributed by atoms with Gasteiger partial charge in [-0.05, 0) is 45.3 Å². The van der Waals surface area contributed by atoms with Crippen molar-refractivity contribution in [2.45, 2.75) is 5.38 Å². The molecule has 1 unspecified atom stereocenters. The normalized spacial score (nSPS) is 12.5. The Hall–Kier alpha value is -0.380. The lowest BCUT2D eigenvalue weighted by Crippen LogP contribution is -1.96. The standard InChI is InChI=1S/C13H8Br2ClF/c14-9-6-4-8(5-7-9)13(16)10-2-1-3-11(17)12(10)15/h1-7,13H. The van der Waals surface area contributed by atoms with Crippen molar-refractivity contribution in [2.75, 3.05) is 0 Å². The van der Waals surface area contributed by atoms with Gasteiger partial charge in [0.25, 0.3) is 0 Å². The SMILES string of the molecule is Fc1cccc(C(Cl)c2ccc(Br)cc2)c1Br. The van der Waals surface area contributed by atoms with Gasteiger partial charge in [-0.15, -0.1) is 11.6 Å². The third-order valence-electron chi connectivity index (χ3n) is 2.42. The smallest absolute Gasteiger partial charge is 0.137 e. The topological polar surface area (TPSA) is 0 Å². The molecular formula is C13H8Br2ClF. The van der Waals surface area contributed by atoms with E-state index in [0.717, 1.165) is 15.6 Å². The molecule has 1 atom stereocenters. The Morgan fingerprint density at radius 1 is 1.00 bits per heavy atom. The minimum absolute atomic E-state index is 0.301. The zero-order valence-corrected chi connectivity index (χ0v) is 12.6. The van der Waals surface area contributed by atoms with Crippen molar-refractivity contribution >= 4 is 43.5 Å². The largest absolute Gasteiger partial charge is 0.206 e. The van der Waals surface area contributed by atoms with Crippen LogP contribution in [0.1, 0.15) is 16.5 Å². The van der Waals surface area contributed by atoms with Gasteiger partial charge < -0.3 is 0 Å². The minimum atomic E-state index is -0.367. The number of rotatable bonds is 2. The van der Waals surface area contributed by atoms with Gasteiger partial charge in [0.15, 0.2) is 0 Å². The summed E-state index contributed by atoms with van der Waals surface area (Å²) in [5, 5.41) is -0.367. The minimum Gasteiger partial charge on any atom is -0.206 e. The molecule has 0 aliphatic heterocycles. The van der Waals surface area contributed by atoms with E-state index < -0.39 is 0 Å². The molecule has 0 nitrogen and oxygen atoms in total. The van der Waals surface area contributed by atoms with E-state index >= 15 is 0 Å². The Labute approximate surface area is 121 Å². The van der Waals surface area contributed by atoms with Crippen molar-refractivity contribution in [1.82, 2.24) is 0 Å². The van der Waals surface area contributed by atoms with Crippen LogP contribution in [0.25, 0.3) is 0 Å². The van der Waals surface area contributed by atoms with Crippen LogP contribution in [0.5, 0.6) is 0 Å². The fourth-order valence-electron chi connectivity index (χ4n) is 1.53. The summed E-state index contributed by atoms with van der Waals surface area (Å²) in [4.78, 5) is 0. The molecule has 2 aromatic rings. The molecule has 0 bridgehead atoms. The van der Waals surface area contributed by atoms with E-state index in [1.165, 1.54) is 6.07 Å². The molecule has 0 saturated heterocycles. The number of hydrogen-bond donors (Lipinski definition) is 0. The van der Waals surface area contributed by atoms with Crippen LogP contribution in [0.4, 0.5) is 4.39 Å². The summed E-state index contributed by atoms with van der Waals surface area (Å²) >= 11 is 12.9. The quantitative estimate of drug-likeness (QED) is 0.590. The van der Waals surface area contributed by atoms with Crippen molar-refractivity contribution in [1.29, 1.82) is 0 Å². The second-order valence-electron chi connectivity index (χ2n) is 3.56. The molecule has 0 aliphatic rings. The second-order valence-corrected chi connectivity index (χ2v) is 5.70. The number of hydrogen-bond acceptors (Lipinski definition) is 0. The van der Waals surface area contributed by atoms with Crippen molar-refractivity contribution in [3.05, 3.63) is 68.4 Å². The van der Waals surface area contributed by atoms with Crippen molar-refractivity contribution in [3.63, 3.8) is 0 Å². The molecule has 0 radical (unpaired) electrons. The molecule has 0 amide bonds. The molecule has 88 valence electrons. The van der Waals surface area contributed by atoms with Gasteiger partial charge in [0.05, 0.1) is 9.85 Å². The lowest BCUT2D eigenvalue weighted by atomic mass is 10.0. The maximum Gasteiger partial charge on any atom is 0.137 e. The van der Waals surface area contributed by atoms with Gasteiger partial charge in [0.1, 0.15) is 5.82 Å². The molecule has 0 spiro atoms. The van der Waals surface area contributed by atoms with Crippen LogP contribution < -0.4 is 0 Å². The van der Waals surface area contributed by atoms with Gasteiger partial charge in [0, 0.05) is 4.47 Å². The molecule has 2 aromatic carbocycles. The maximum absolute atomic E-state index is 13.4. The van der Waals surface area contributed by atoms with Gasteiger partial charge in [-0.3, -0.25) is 0 Å². The summed E-state index contributed by atoms with van der Waals surface area (Å²) in [6.07, 6.45) is 0. The van der Waals surface area contributed by atoms with E-state index in [0.29, 0.717) is 4.47 Å². The molecular weight excluding hydrogens is 370 g/mol. The molecule has 0 aliphatic carbocycles. The average Bonchev–Trinajstić information content (AvgIpc) is 2.33. The molecule has 0 N–H and O–H groups in total. The summed E-state index contributed by atoms with van der Waals surface area (Å²) in [6, 6.07) is 12.5. The lowest BCUT2D eigenvalue weighted by molar-refractivity contribution is 0.618. The summed E-state index contributed by atoms with van der Waals surface area (Å²) in [7, 11) is 0. The molecule has 0 aromatic heterocycles. The number of benzene rings is 2. The molecule has 2 rings (SSSR count). The average molecular weight is 378 g/mol. The third-order valence-corrected chi connectivity index (χ3v) is 4.27. The van der Waals surface area contributed by atoms with Gasteiger partial charge >= 0.3 is 0 Å². The lowest BCUT2D eigenvalue weighted by Gasteiger charge is -2.12. The predicted octanol–water partition coefficient (Wildman–Crippen LogP) is 5.68. The van der Waals surface area contributed by atoms with E-state index in [9.17, 15) is 4.39 Å². The van der Waals surface area contributed by atoms with Gasteiger partial charge in [-0.2, -0.15) is 0 Å². The Kier molecular flexibility index (Phi) is 4.23. The summed E-state index contributed by atoms with van der Waals surface area (Å²) < 4.78 is 14.8. The highest BCUT2D eigenvalue weighted by molar-refractivity contribution is 9.10. The first-order valence-electron chi connectivity index (χ1n) is 4.93. The van der Waals surface area contributed by atoms with E-state index in [4.69, 9.17) is 11.6 Å². The Bertz CT molecular complexity index is 525. The summed E-state index contributed by atoms with van der Waals surface area (Å²) in [6.45, 7) is 0. The van der Waals surface area contributed by atoms with Crippen LogP contribution in [0.15, 0.2) is 51.4 Å². The highest BCUT2D eigenvalue weighted by Crippen LogP contribution is 2.35. The summed E-state index contributed by atoms with van der Waals surface area (Å²) in [5.41, 5.74) is 1.66. The van der Waals surface area contributed by atoms with Crippen molar-refractivity contribution < 1.29 is 4.39 Å². The van der Waals surface area contributed by atoms with E-state index in [2.05, 4.69) is 31.9 Å². The first kappa shape index (κ1) is 13.1. The van der Waals surface area contributed by atoms with Crippen LogP contribution in [0.2, 0.25) is 0 Å². The van der Waals surface area contributed by atoms with E-state index in [1.807, 2.05) is 30.3 Å². The van der Waals surface area contributed by atoms with Crippen LogP contribution in [-0.4, -0.2) is 0 Å². The zero-order chi connectivity index (χ0) is 12.4. The molecule has 0 heterocycles. The number of alkyl halides is 1. The van der Waals surface area contributed by atoms with Gasteiger partial charge in [0.2, 0.25) is 0 Å². The van der Waals surface area contributed by atoms with Crippen LogP contribution >= 0.6 is 43.5 Å². The molecule has 0 saturated carbocycles. The Balaban J connectivity index is 2.40. The number of halogens is 4. The van der Waals surface area contributed by atoms with Crippen molar-refractivity contribution in [2.24, 2.45) is 0 Å². The fourth-order valence-corrected chi connectivity index (χ4v) is 2.74. The Morgan fingerprint density at radius 2 is 1.65 bits per heavy atom.